The molecule has 0 amide bonds. The van der Waals surface area contributed by atoms with Gasteiger partial charge in [-0.15, -0.1) is 0 Å². The summed E-state index contributed by atoms with van der Waals surface area (Å²) in [5.74, 6) is 0. The predicted octanol–water partition coefficient (Wildman–Crippen LogP) is 3.02. The molecule has 1 aliphatic heterocycles. The molecule has 5 heteroatoms. The molecule has 3 rings (SSSR count). The zero-order valence-corrected chi connectivity index (χ0v) is 19.6. The van der Waals surface area contributed by atoms with Gasteiger partial charge in [0.25, 0.3) is 8.32 Å². The van der Waals surface area contributed by atoms with Crippen LogP contribution in [0, 0.1) is 0 Å². The Morgan fingerprint density at radius 1 is 1.07 bits per heavy atom. The van der Waals surface area contributed by atoms with Crippen LogP contribution >= 0.6 is 0 Å². The van der Waals surface area contributed by atoms with Crippen LogP contribution in [0.2, 0.25) is 5.04 Å². The van der Waals surface area contributed by atoms with E-state index in [1.165, 1.54) is 10.4 Å². The molecule has 1 fully saturated rings. The van der Waals surface area contributed by atoms with E-state index in [4.69, 9.17) is 9.16 Å². The first kappa shape index (κ1) is 22.9. The normalized spacial score (nSPS) is 26.2. The zero-order chi connectivity index (χ0) is 22.0. The van der Waals surface area contributed by atoms with E-state index in [0.29, 0.717) is 0 Å². The molecule has 0 saturated carbocycles. The van der Waals surface area contributed by atoms with Crippen molar-refractivity contribution in [3.05, 3.63) is 72.8 Å². The lowest BCUT2D eigenvalue weighted by Gasteiger charge is -2.44. The van der Waals surface area contributed by atoms with Gasteiger partial charge in [-0.3, -0.25) is 0 Å². The van der Waals surface area contributed by atoms with Crippen LogP contribution in [0.15, 0.2) is 72.8 Å². The maximum atomic E-state index is 10.8. The van der Waals surface area contributed by atoms with E-state index in [2.05, 4.69) is 69.3 Å². The average molecular weight is 427 g/mol. The minimum Gasteiger partial charge on any atom is -0.401 e. The molecule has 2 aromatic rings. The van der Waals surface area contributed by atoms with Crippen molar-refractivity contribution in [1.29, 1.82) is 0 Å². The van der Waals surface area contributed by atoms with Crippen molar-refractivity contribution in [2.75, 3.05) is 6.61 Å². The topological polar surface area (TPSA) is 58.9 Å². The summed E-state index contributed by atoms with van der Waals surface area (Å²) >= 11 is 0. The molecule has 0 bridgehead atoms. The van der Waals surface area contributed by atoms with Crippen LogP contribution in [-0.4, -0.2) is 49.1 Å². The molecule has 4 atom stereocenters. The number of benzene rings is 2. The highest BCUT2D eigenvalue weighted by Crippen LogP contribution is 2.37. The number of rotatable bonds is 6. The second kappa shape index (κ2) is 8.77. The van der Waals surface area contributed by atoms with E-state index in [0.717, 1.165) is 0 Å². The van der Waals surface area contributed by atoms with Crippen LogP contribution in [0.1, 0.15) is 34.6 Å². The van der Waals surface area contributed by atoms with Crippen molar-refractivity contribution in [2.45, 2.75) is 63.6 Å². The van der Waals surface area contributed by atoms with Crippen LogP contribution in [0.25, 0.3) is 0 Å². The number of ether oxygens (including phenoxy) is 1. The summed E-state index contributed by atoms with van der Waals surface area (Å²) in [5, 5.41) is 23.3. The van der Waals surface area contributed by atoms with Crippen LogP contribution in [0.4, 0.5) is 0 Å². The molecule has 1 heterocycles. The summed E-state index contributed by atoms with van der Waals surface area (Å²) in [6, 6.07) is 20.9. The summed E-state index contributed by atoms with van der Waals surface area (Å²) in [4.78, 5) is 0. The molecule has 0 spiro atoms. The molecule has 0 radical (unpaired) electrons. The van der Waals surface area contributed by atoms with Gasteiger partial charge in [-0.25, -0.2) is 0 Å². The van der Waals surface area contributed by atoms with Crippen molar-refractivity contribution in [1.82, 2.24) is 0 Å². The fraction of sp³-hybridized carbons (Fsp3) is 0.440. The van der Waals surface area contributed by atoms with Gasteiger partial charge < -0.3 is 19.4 Å². The van der Waals surface area contributed by atoms with Gasteiger partial charge in [-0.05, 0) is 35.3 Å². The van der Waals surface area contributed by atoms with Crippen LogP contribution in [0.5, 0.6) is 0 Å². The van der Waals surface area contributed by atoms with Gasteiger partial charge in [0.05, 0.1) is 18.8 Å². The summed E-state index contributed by atoms with van der Waals surface area (Å²) in [5.41, 5.74) is -1.39. The summed E-state index contributed by atoms with van der Waals surface area (Å²) < 4.78 is 12.4. The Balaban J connectivity index is 2.00. The van der Waals surface area contributed by atoms with E-state index in [1.54, 1.807) is 13.0 Å². The summed E-state index contributed by atoms with van der Waals surface area (Å²) in [6.45, 7) is 10.5. The highest BCUT2D eigenvalue weighted by Gasteiger charge is 2.51. The van der Waals surface area contributed by atoms with E-state index < -0.39 is 26.1 Å². The van der Waals surface area contributed by atoms with Gasteiger partial charge in [0.1, 0.15) is 11.7 Å². The van der Waals surface area contributed by atoms with E-state index >= 15 is 0 Å². The van der Waals surface area contributed by atoms with Crippen molar-refractivity contribution in [2.24, 2.45) is 0 Å². The lowest BCUT2D eigenvalue weighted by Crippen LogP contribution is -2.67. The fourth-order valence-electron chi connectivity index (χ4n) is 4.31. The molecular weight excluding hydrogens is 392 g/mol. The molecule has 1 aliphatic rings. The van der Waals surface area contributed by atoms with Crippen LogP contribution in [0.3, 0.4) is 0 Å². The van der Waals surface area contributed by atoms with Crippen molar-refractivity contribution >= 4 is 18.7 Å². The Hall–Kier alpha value is -1.76. The standard InChI is InChI=1S/C25H34O4Si/c1-19(16-17-25(27)18-28-20(2)23(25)26)29-30(24(3,4)5,21-12-8-6-9-13-21)22-14-10-7-11-15-22/h6-17,19-20,23,26-27H,18H2,1-5H3/b17-16+/t19-,20+,23+,25+/m0/s1. The Labute approximate surface area is 181 Å². The minimum atomic E-state index is -2.67. The molecule has 2 aromatic carbocycles. The molecule has 1 saturated heterocycles. The lowest BCUT2D eigenvalue weighted by atomic mass is 9.96. The maximum Gasteiger partial charge on any atom is 0.261 e. The molecule has 0 unspecified atom stereocenters. The first-order valence-corrected chi connectivity index (χ1v) is 12.5. The van der Waals surface area contributed by atoms with Crippen molar-refractivity contribution in [3.8, 4) is 0 Å². The van der Waals surface area contributed by atoms with Gasteiger partial charge >= 0.3 is 0 Å². The largest absolute Gasteiger partial charge is 0.401 e. The van der Waals surface area contributed by atoms with Crippen molar-refractivity contribution < 1.29 is 19.4 Å². The smallest absolute Gasteiger partial charge is 0.261 e. The second-order valence-electron chi connectivity index (χ2n) is 9.30. The molecule has 2 N–H and O–H groups in total. The fourth-order valence-corrected chi connectivity index (χ4v) is 8.96. The minimum absolute atomic E-state index is 0.0811. The predicted molar refractivity (Wildman–Crippen MR) is 124 cm³/mol. The third kappa shape index (κ3) is 4.31. The van der Waals surface area contributed by atoms with Gasteiger partial charge in [0.15, 0.2) is 0 Å². The van der Waals surface area contributed by atoms with Crippen molar-refractivity contribution in [3.63, 3.8) is 0 Å². The Morgan fingerprint density at radius 2 is 1.57 bits per heavy atom. The van der Waals surface area contributed by atoms with Gasteiger partial charge in [-0.2, -0.15) is 0 Å². The van der Waals surface area contributed by atoms with Crippen LogP contribution < -0.4 is 10.4 Å². The molecule has 4 nitrogen and oxygen atoms in total. The SMILES string of the molecule is C[C@@H](/C=C/[C@@]1(O)CO[C@H](C)[C@H]1O)O[Si](c1ccccc1)(c1ccccc1)C(C)(C)C. The number of hydrogen-bond acceptors (Lipinski definition) is 4. The Kier molecular flexibility index (Phi) is 6.70. The first-order valence-electron chi connectivity index (χ1n) is 10.6. The highest BCUT2D eigenvalue weighted by atomic mass is 28.4. The van der Waals surface area contributed by atoms with E-state index in [-0.39, 0.29) is 17.7 Å². The average Bonchev–Trinajstić information content (AvgIpc) is 2.99. The monoisotopic (exact) mass is 426 g/mol. The van der Waals surface area contributed by atoms with Gasteiger partial charge in [0.2, 0.25) is 0 Å². The number of aliphatic hydroxyl groups is 2. The highest BCUT2D eigenvalue weighted by molar-refractivity contribution is 6.99. The Morgan fingerprint density at radius 3 is 1.97 bits per heavy atom. The zero-order valence-electron chi connectivity index (χ0n) is 18.6. The van der Waals surface area contributed by atoms with E-state index in [1.807, 2.05) is 25.1 Å². The third-order valence-electron chi connectivity index (χ3n) is 5.97. The second-order valence-corrected chi connectivity index (χ2v) is 13.6. The molecular formula is C25H34O4Si. The Bertz CT molecular complexity index is 807. The first-order chi connectivity index (χ1) is 14.1. The quantitative estimate of drug-likeness (QED) is 0.551. The third-order valence-corrected chi connectivity index (χ3v) is 11.1. The van der Waals surface area contributed by atoms with Gasteiger partial charge in [0, 0.05) is 0 Å². The summed E-state index contributed by atoms with van der Waals surface area (Å²) in [7, 11) is -2.67. The van der Waals surface area contributed by atoms with E-state index in [9.17, 15) is 10.2 Å². The van der Waals surface area contributed by atoms with Crippen LogP contribution in [-0.2, 0) is 9.16 Å². The summed E-state index contributed by atoms with van der Waals surface area (Å²) in [6.07, 6.45) is 1.89. The number of hydrogen-bond donors (Lipinski definition) is 2. The van der Waals surface area contributed by atoms with Gasteiger partial charge in [-0.1, -0.05) is 87.5 Å². The lowest BCUT2D eigenvalue weighted by molar-refractivity contribution is -0.0132. The molecule has 162 valence electrons. The molecule has 0 aliphatic carbocycles. The molecule has 30 heavy (non-hydrogen) atoms. The maximum absolute atomic E-state index is 10.8. The molecule has 0 aromatic heterocycles. The number of aliphatic hydroxyl groups excluding tert-OH is 1.